The number of carbonyl (C=O) groups excluding carboxylic acids is 1. The highest BCUT2D eigenvalue weighted by atomic mass is 19.1. The minimum Gasteiger partial charge on any atom is -0.369 e. The summed E-state index contributed by atoms with van der Waals surface area (Å²) in [6.45, 7) is -0.0247. The Morgan fingerprint density at radius 2 is 1.87 bits per heavy atom. The summed E-state index contributed by atoms with van der Waals surface area (Å²) in [5, 5.41) is 0. The van der Waals surface area contributed by atoms with E-state index in [1.807, 2.05) is 0 Å². The van der Waals surface area contributed by atoms with Crippen LogP contribution in [-0.4, -0.2) is 12.5 Å². The van der Waals surface area contributed by atoms with Gasteiger partial charge in [0, 0.05) is 12.1 Å². The van der Waals surface area contributed by atoms with Crippen molar-refractivity contribution in [3.8, 4) is 0 Å². The van der Waals surface area contributed by atoms with Crippen molar-refractivity contribution >= 4 is 5.91 Å². The first-order valence-corrected chi connectivity index (χ1v) is 4.48. The molecule has 1 aromatic rings. The van der Waals surface area contributed by atoms with Gasteiger partial charge < -0.3 is 11.5 Å². The second-order valence-electron chi connectivity index (χ2n) is 3.24. The van der Waals surface area contributed by atoms with E-state index in [0.29, 0.717) is 0 Å². The molecular formula is C10H12F2N2O. The van der Waals surface area contributed by atoms with Gasteiger partial charge in [-0.25, -0.2) is 8.78 Å². The molecule has 3 nitrogen and oxygen atoms in total. The van der Waals surface area contributed by atoms with Crippen LogP contribution in [0.15, 0.2) is 18.2 Å². The normalized spacial score (nSPS) is 12.5. The molecule has 0 saturated heterocycles. The van der Waals surface area contributed by atoms with Crippen LogP contribution >= 0.6 is 0 Å². The number of benzene rings is 1. The van der Waals surface area contributed by atoms with Gasteiger partial charge in [0.1, 0.15) is 11.6 Å². The third-order valence-corrected chi connectivity index (χ3v) is 2.20. The second-order valence-corrected chi connectivity index (χ2v) is 3.24. The summed E-state index contributed by atoms with van der Waals surface area (Å²) in [5.74, 6) is -2.76. The van der Waals surface area contributed by atoms with E-state index in [1.165, 1.54) is 6.07 Å². The Kier molecular flexibility index (Phi) is 3.74. The molecular weight excluding hydrogens is 202 g/mol. The van der Waals surface area contributed by atoms with E-state index in [4.69, 9.17) is 11.5 Å². The average Bonchev–Trinajstić information content (AvgIpc) is 2.17. The molecule has 0 heterocycles. The fraction of sp³-hybridized carbons (Fsp3) is 0.300. The zero-order valence-electron chi connectivity index (χ0n) is 8.04. The fourth-order valence-corrected chi connectivity index (χ4v) is 1.27. The zero-order valence-corrected chi connectivity index (χ0v) is 8.04. The van der Waals surface area contributed by atoms with Crippen LogP contribution < -0.4 is 11.5 Å². The molecule has 0 aliphatic carbocycles. The fourth-order valence-electron chi connectivity index (χ4n) is 1.27. The lowest BCUT2D eigenvalue weighted by Crippen LogP contribution is -2.32. The molecule has 4 N–H and O–H groups in total. The van der Waals surface area contributed by atoms with Crippen LogP contribution in [-0.2, 0) is 11.2 Å². The number of hydrogen-bond donors (Lipinski definition) is 2. The summed E-state index contributed by atoms with van der Waals surface area (Å²) in [6.07, 6.45) is -0.107. The Bertz CT molecular complexity index is 348. The van der Waals surface area contributed by atoms with Gasteiger partial charge >= 0.3 is 0 Å². The largest absolute Gasteiger partial charge is 0.369 e. The summed E-state index contributed by atoms with van der Waals surface area (Å²) in [4.78, 5) is 10.9. The SMILES string of the molecule is NC[C@@H](Cc1c(F)cccc1F)C(N)=O. The van der Waals surface area contributed by atoms with Crippen LogP contribution in [0.25, 0.3) is 0 Å². The van der Waals surface area contributed by atoms with Crippen LogP contribution in [0.1, 0.15) is 5.56 Å². The predicted octanol–water partition coefficient (Wildman–Crippen LogP) is 0.567. The van der Waals surface area contributed by atoms with Gasteiger partial charge in [-0.1, -0.05) is 6.07 Å². The van der Waals surface area contributed by atoms with E-state index in [0.717, 1.165) is 12.1 Å². The van der Waals surface area contributed by atoms with Gasteiger partial charge in [-0.15, -0.1) is 0 Å². The number of hydrogen-bond acceptors (Lipinski definition) is 2. The number of rotatable bonds is 4. The molecule has 1 amide bonds. The van der Waals surface area contributed by atoms with Crippen molar-refractivity contribution in [1.82, 2.24) is 0 Å². The first kappa shape index (κ1) is 11.6. The molecule has 15 heavy (non-hydrogen) atoms. The average molecular weight is 214 g/mol. The van der Waals surface area contributed by atoms with Crippen molar-refractivity contribution in [1.29, 1.82) is 0 Å². The van der Waals surface area contributed by atoms with Crippen LogP contribution in [0.5, 0.6) is 0 Å². The Morgan fingerprint density at radius 3 is 2.27 bits per heavy atom. The van der Waals surface area contributed by atoms with E-state index < -0.39 is 23.5 Å². The molecule has 0 aliphatic rings. The molecule has 1 atom stereocenters. The maximum Gasteiger partial charge on any atom is 0.222 e. The van der Waals surface area contributed by atoms with Crippen LogP contribution in [0, 0.1) is 17.6 Å². The number of nitrogens with two attached hydrogens (primary N) is 2. The van der Waals surface area contributed by atoms with E-state index in [9.17, 15) is 13.6 Å². The summed E-state index contributed by atoms with van der Waals surface area (Å²) >= 11 is 0. The highest BCUT2D eigenvalue weighted by Gasteiger charge is 2.18. The van der Waals surface area contributed by atoms with E-state index in [1.54, 1.807) is 0 Å². The van der Waals surface area contributed by atoms with Crippen molar-refractivity contribution in [3.63, 3.8) is 0 Å². The molecule has 82 valence electrons. The summed E-state index contributed by atoms with van der Waals surface area (Å²) in [6, 6.07) is 3.52. The molecule has 1 rings (SSSR count). The number of halogens is 2. The van der Waals surface area contributed by atoms with Gasteiger partial charge in [-0.3, -0.25) is 4.79 Å². The lowest BCUT2D eigenvalue weighted by atomic mass is 9.98. The molecule has 0 fully saturated rings. The Balaban J connectivity index is 2.92. The topological polar surface area (TPSA) is 69.1 Å². The van der Waals surface area contributed by atoms with Gasteiger partial charge in [0.25, 0.3) is 0 Å². The van der Waals surface area contributed by atoms with Crippen LogP contribution in [0.4, 0.5) is 8.78 Å². The van der Waals surface area contributed by atoms with Crippen molar-refractivity contribution in [2.45, 2.75) is 6.42 Å². The quantitative estimate of drug-likeness (QED) is 0.769. The van der Waals surface area contributed by atoms with Crippen molar-refractivity contribution < 1.29 is 13.6 Å². The molecule has 0 radical (unpaired) electrons. The maximum absolute atomic E-state index is 13.2. The van der Waals surface area contributed by atoms with Gasteiger partial charge in [-0.2, -0.15) is 0 Å². The number of primary amides is 1. The third-order valence-electron chi connectivity index (χ3n) is 2.20. The summed E-state index contributed by atoms with van der Waals surface area (Å²) in [5.41, 5.74) is 10.2. The van der Waals surface area contributed by atoms with Gasteiger partial charge in [0.15, 0.2) is 0 Å². The Hall–Kier alpha value is -1.49. The van der Waals surface area contributed by atoms with Crippen LogP contribution in [0.3, 0.4) is 0 Å². The van der Waals surface area contributed by atoms with Gasteiger partial charge in [-0.05, 0) is 18.6 Å². The summed E-state index contributed by atoms with van der Waals surface area (Å²) in [7, 11) is 0. The van der Waals surface area contributed by atoms with E-state index in [2.05, 4.69) is 0 Å². The van der Waals surface area contributed by atoms with Crippen molar-refractivity contribution in [3.05, 3.63) is 35.4 Å². The highest BCUT2D eigenvalue weighted by molar-refractivity contribution is 5.77. The highest BCUT2D eigenvalue weighted by Crippen LogP contribution is 2.16. The minimum absolute atomic E-state index is 0.0247. The number of carbonyl (C=O) groups is 1. The molecule has 0 unspecified atom stereocenters. The maximum atomic E-state index is 13.2. The monoisotopic (exact) mass is 214 g/mol. The lowest BCUT2D eigenvalue weighted by molar-refractivity contribution is -0.121. The summed E-state index contributed by atoms with van der Waals surface area (Å²) < 4.78 is 26.4. The third kappa shape index (κ3) is 2.73. The predicted molar refractivity (Wildman–Crippen MR) is 51.8 cm³/mol. The number of amides is 1. The van der Waals surface area contributed by atoms with E-state index >= 15 is 0 Å². The first-order valence-electron chi connectivity index (χ1n) is 4.48. The van der Waals surface area contributed by atoms with Crippen molar-refractivity contribution in [2.24, 2.45) is 17.4 Å². The van der Waals surface area contributed by atoms with Crippen LogP contribution in [0.2, 0.25) is 0 Å². The van der Waals surface area contributed by atoms with Crippen molar-refractivity contribution in [2.75, 3.05) is 6.54 Å². The standard InChI is InChI=1S/C10H12F2N2O/c11-8-2-1-3-9(12)7(8)4-6(5-13)10(14)15/h1-3,6H,4-5,13H2,(H2,14,15)/t6-/m1/s1. The molecule has 0 aliphatic heterocycles. The second kappa shape index (κ2) is 4.84. The van der Waals surface area contributed by atoms with Gasteiger partial charge in [0.2, 0.25) is 5.91 Å². The Morgan fingerprint density at radius 1 is 1.33 bits per heavy atom. The van der Waals surface area contributed by atoms with E-state index in [-0.39, 0.29) is 18.5 Å². The molecule has 0 aromatic heterocycles. The molecule has 0 spiro atoms. The molecule has 1 aromatic carbocycles. The minimum atomic E-state index is -0.739. The smallest absolute Gasteiger partial charge is 0.222 e. The molecule has 0 bridgehead atoms. The molecule has 5 heteroatoms. The van der Waals surface area contributed by atoms with Gasteiger partial charge in [0.05, 0.1) is 5.92 Å². The first-order chi connectivity index (χ1) is 7.06. The molecule has 0 saturated carbocycles. The lowest BCUT2D eigenvalue weighted by Gasteiger charge is -2.11. The Labute approximate surface area is 86.1 Å². The zero-order chi connectivity index (χ0) is 11.4.